The summed E-state index contributed by atoms with van der Waals surface area (Å²) in [4.78, 5) is 36.9. The second kappa shape index (κ2) is 23.3. The Labute approximate surface area is 392 Å². The van der Waals surface area contributed by atoms with Gasteiger partial charge >= 0.3 is 11.9 Å². The Morgan fingerprint density at radius 3 is 1.51 bits per heavy atom. The van der Waals surface area contributed by atoms with Crippen LogP contribution in [0.1, 0.15) is 6.92 Å². The van der Waals surface area contributed by atoms with Gasteiger partial charge in [0.15, 0.2) is 43.3 Å². The molecule has 5 saturated heterocycles. The van der Waals surface area contributed by atoms with E-state index in [4.69, 9.17) is 52.1 Å². The summed E-state index contributed by atoms with van der Waals surface area (Å²) in [5.74, 6) is -7.48. The van der Waals surface area contributed by atoms with Crippen LogP contribution in [-0.2, 0) is 66.5 Å². The fourth-order valence-electron chi connectivity index (χ4n) is 8.34. The molecule has 6 rings (SSSR count). The number of hydrogen-bond donors (Lipinski definition) is 19. The van der Waals surface area contributed by atoms with E-state index in [9.17, 15) is 106 Å². The minimum absolute atomic E-state index is 0.559. The zero-order chi connectivity index (χ0) is 51.8. The molecule has 6 aliphatic rings. The molecule has 1 amide bonds. The molecule has 5 fully saturated rings. The van der Waals surface area contributed by atoms with Crippen molar-refractivity contribution in [2.45, 2.75) is 173 Å². The van der Waals surface area contributed by atoms with Gasteiger partial charge in [0.2, 0.25) is 18.0 Å². The number of nitrogens with one attached hydrogen (secondary N) is 1. The first-order chi connectivity index (χ1) is 32.9. The first-order valence-corrected chi connectivity index (χ1v) is 21.3. The summed E-state index contributed by atoms with van der Waals surface area (Å²) < 4.78 is 60.0. The highest BCUT2D eigenvalue weighted by molar-refractivity contribution is 5.85. The number of aliphatic carboxylic acids is 2. The topological polar surface area (TPSA) is 529 Å². The van der Waals surface area contributed by atoms with E-state index in [1.54, 1.807) is 0 Å². The van der Waals surface area contributed by atoms with Crippen molar-refractivity contribution in [3.8, 4) is 0 Å². The predicted octanol–water partition coefficient (Wildman–Crippen LogP) is -12.1. The van der Waals surface area contributed by atoms with Crippen molar-refractivity contribution in [2.75, 3.05) is 26.4 Å². The summed E-state index contributed by atoms with van der Waals surface area (Å²) in [5.41, 5.74) is 0. The lowest BCUT2D eigenvalue weighted by atomic mass is 9.94. The number of amides is 1. The van der Waals surface area contributed by atoms with Gasteiger partial charge in [-0.3, -0.25) is 4.79 Å². The van der Waals surface area contributed by atoms with E-state index >= 15 is 0 Å². The van der Waals surface area contributed by atoms with Gasteiger partial charge in [0, 0.05) is 6.92 Å². The molecule has 70 heavy (non-hydrogen) atoms. The molecule has 0 bridgehead atoms. The second-order valence-electron chi connectivity index (χ2n) is 16.8. The molecule has 0 radical (unpaired) electrons. The van der Waals surface area contributed by atoms with Gasteiger partial charge in [-0.25, -0.2) is 9.59 Å². The summed E-state index contributed by atoms with van der Waals surface area (Å²) in [7, 11) is 0. The minimum Gasteiger partial charge on any atom is -0.506 e. The highest BCUT2D eigenvalue weighted by Gasteiger charge is 2.58. The van der Waals surface area contributed by atoms with E-state index in [2.05, 4.69) is 5.32 Å². The number of aliphatic hydroxyl groups is 16. The van der Waals surface area contributed by atoms with E-state index in [0.29, 0.717) is 0 Å². The van der Waals surface area contributed by atoms with E-state index in [1.165, 1.54) is 0 Å². The molecular weight excluding hydrogens is 970 g/mol. The molecule has 33 nitrogen and oxygen atoms in total. The van der Waals surface area contributed by atoms with Crippen LogP contribution in [0.5, 0.6) is 0 Å². The van der Waals surface area contributed by atoms with Gasteiger partial charge in [-0.2, -0.15) is 0 Å². The molecule has 27 atom stereocenters. The first kappa shape index (κ1) is 56.1. The third-order valence-electron chi connectivity index (χ3n) is 12.1. The highest BCUT2D eigenvalue weighted by Crippen LogP contribution is 2.37. The van der Waals surface area contributed by atoms with Crippen LogP contribution in [-0.4, -0.2) is 302 Å². The summed E-state index contributed by atoms with van der Waals surface area (Å²) in [6.07, 6.45) is -54.0. The molecule has 0 spiro atoms. The number of aliphatic hydroxyl groups excluding tert-OH is 16. The quantitative estimate of drug-likeness (QED) is 0.0682. The van der Waals surface area contributed by atoms with Crippen LogP contribution in [0.4, 0.5) is 0 Å². The Bertz CT molecular complexity index is 1810. The lowest BCUT2D eigenvalue weighted by Crippen LogP contribution is -2.70. The smallest absolute Gasteiger partial charge is 0.375 e. The van der Waals surface area contributed by atoms with Gasteiger partial charge in [0.25, 0.3) is 0 Å². The molecule has 33 heteroatoms. The van der Waals surface area contributed by atoms with Crippen molar-refractivity contribution in [2.24, 2.45) is 0 Å². The predicted molar refractivity (Wildman–Crippen MR) is 206 cm³/mol. The SMILES string of the molecule is CC(=O)N[C@H]1[C@H](O[C@H]2[C@H](O)[C@@H](O)[C@H](O[C@H]3[C@@H](O)[C@@H](CO)O[C@@H](O[C@H]4[C@@H](O)[C@@H](CO)O[C@@H](O[C@@H]5CO[C@@H](O)[C@H](O)[C@H]5O)[C@@H]4O)[C@@H]3O)O[C@@H]2C(=O)O)O[C@H](CO)[C@H](O)[C@@H]1O[C@@H]1OC(C(=O)O)=C(O)[C@H](O)[C@H]1O. The maximum Gasteiger partial charge on any atom is 0.375 e. The molecule has 0 saturated carbocycles. The molecule has 0 aromatic heterocycles. The zero-order valence-corrected chi connectivity index (χ0v) is 36.2. The van der Waals surface area contributed by atoms with Gasteiger partial charge in [-0.05, 0) is 0 Å². The highest BCUT2D eigenvalue weighted by atomic mass is 16.8. The van der Waals surface area contributed by atoms with E-state index < -0.39 is 222 Å². The Hall–Kier alpha value is -3.25. The first-order valence-electron chi connectivity index (χ1n) is 21.3. The van der Waals surface area contributed by atoms with Crippen LogP contribution in [0.25, 0.3) is 0 Å². The minimum atomic E-state index is -2.46. The number of carboxylic acids is 2. The second-order valence-corrected chi connectivity index (χ2v) is 16.8. The fraction of sp³-hybridized carbons (Fsp3) is 0.865. The number of ether oxygens (including phenoxy) is 11. The molecule has 6 aliphatic heterocycles. The molecule has 0 aromatic rings. The van der Waals surface area contributed by atoms with E-state index in [-0.39, 0.29) is 0 Å². The van der Waals surface area contributed by atoms with Crippen LogP contribution >= 0.6 is 0 Å². The largest absolute Gasteiger partial charge is 0.506 e. The monoisotopic (exact) mass is 1030 g/mol. The van der Waals surface area contributed by atoms with E-state index in [1.807, 2.05) is 0 Å². The third-order valence-corrected chi connectivity index (χ3v) is 12.1. The maximum absolute atomic E-state index is 12.7. The van der Waals surface area contributed by atoms with Gasteiger partial charge in [0.05, 0.1) is 26.4 Å². The van der Waals surface area contributed by atoms with Crippen LogP contribution < -0.4 is 5.32 Å². The molecule has 6 heterocycles. The molecule has 0 unspecified atom stereocenters. The van der Waals surface area contributed by atoms with Crippen molar-refractivity contribution in [1.82, 2.24) is 5.32 Å². The lowest BCUT2D eigenvalue weighted by molar-refractivity contribution is -0.389. The number of carbonyl (C=O) groups excluding carboxylic acids is 1. The lowest BCUT2D eigenvalue weighted by Gasteiger charge is -2.49. The molecule has 0 aliphatic carbocycles. The standard InChI is InChI=1S/C37H57NO32/c1-6(42)38-11-24(65-34-20(51)16(47)17(48)28(69-34)30(55)56)13(44)7(2-39)61-33(11)68-27-18(49)21(52)35(70-29(27)31(57)58)66-26-15(46)9(4-41)63-37(23(26)54)67-25-14(45)8(3-40)62-36(22(25)53)64-10-5-60-32(59)19(50)12(10)43/h7-16,18-27,29,32-37,39-41,43-54,59H,2-5H2,1H3,(H,38,42)(H,55,56)(H,57,58)/t7-,8-,9-,10-,11-,12+,13+,14+,15+,16+,18-,19-,20-,21-,22-,23-,24-,25+,26+,27+,29+,32-,33+,34-,35-,36+,37+/m1/s1. The summed E-state index contributed by atoms with van der Waals surface area (Å²) >= 11 is 0. The molecule has 402 valence electrons. The third kappa shape index (κ3) is 11.4. The van der Waals surface area contributed by atoms with Gasteiger partial charge in [-0.1, -0.05) is 0 Å². The van der Waals surface area contributed by atoms with Crippen molar-refractivity contribution in [1.29, 1.82) is 0 Å². The van der Waals surface area contributed by atoms with Crippen LogP contribution in [0.2, 0.25) is 0 Å². The molecule has 0 aromatic carbocycles. The molecule has 19 N–H and O–H groups in total. The number of rotatable bonds is 16. The number of hydrogen-bond acceptors (Lipinski definition) is 30. The average molecular weight is 1030 g/mol. The number of carboxylic acid groups (broad SMARTS) is 2. The van der Waals surface area contributed by atoms with Gasteiger partial charge < -0.3 is 149 Å². The van der Waals surface area contributed by atoms with Gasteiger partial charge in [0.1, 0.15) is 122 Å². The van der Waals surface area contributed by atoms with Crippen LogP contribution in [0.3, 0.4) is 0 Å². The van der Waals surface area contributed by atoms with Crippen molar-refractivity contribution >= 4 is 17.8 Å². The molecular formula is C37H57NO32. The van der Waals surface area contributed by atoms with Crippen molar-refractivity contribution in [3.05, 3.63) is 11.5 Å². The summed E-state index contributed by atoms with van der Waals surface area (Å²) in [5, 5.41) is 192. The van der Waals surface area contributed by atoms with Crippen molar-refractivity contribution in [3.63, 3.8) is 0 Å². The Morgan fingerprint density at radius 1 is 0.543 bits per heavy atom. The van der Waals surface area contributed by atoms with Gasteiger partial charge in [-0.15, -0.1) is 0 Å². The Morgan fingerprint density at radius 2 is 1.01 bits per heavy atom. The van der Waals surface area contributed by atoms with Crippen molar-refractivity contribution < 1.29 is 158 Å². The zero-order valence-electron chi connectivity index (χ0n) is 36.2. The summed E-state index contributed by atoms with van der Waals surface area (Å²) in [6, 6.07) is -1.90. The summed E-state index contributed by atoms with van der Waals surface area (Å²) in [6.45, 7) is -2.77. The van der Waals surface area contributed by atoms with E-state index in [0.717, 1.165) is 6.92 Å². The number of carbonyl (C=O) groups is 3. The van der Waals surface area contributed by atoms with Crippen LogP contribution in [0.15, 0.2) is 11.5 Å². The Kier molecular flexibility index (Phi) is 18.7. The fourth-order valence-corrected chi connectivity index (χ4v) is 8.34. The average Bonchev–Trinajstić information content (AvgIpc) is 3.31. The Balaban J connectivity index is 1.20. The normalized spacial score (nSPS) is 48.1. The van der Waals surface area contributed by atoms with Crippen LogP contribution in [0, 0.1) is 0 Å². The maximum atomic E-state index is 12.7.